The number of imide groups is 1. The van der Waals surface area contributed by atoms with Gasteiger partial charge in [0.25, 0.3) is 0 Å². The maximum absolute atomic E-state index is 13.1. The van der Waals surface area contributed by atoms with Crippen LogP contribution in [0.2, 0.25) is 0 Å². The summed E-state index contributed by atoms with van der Waals surface area (Å²) in [6.07, 6.45) is 1.98. The standard InChI is InChI=1S/C24H22N4O5/c29-23-17-8-6-16(10-18(17)25-24(30)28(23)12-14-4-2-1-3-5-14)22-26-21(27-33-22)15-7-9-19-20(11-15)32-13-31-19/h1-5,7,9,11,16-18H,6,8,10,12-13H2,(H,25,30). The first-order valence-corrected chi connectivity index (χ1v) is 11.0. The predicted molar refractivity (Wildman–Crippen MR) is 115 cm³/mol. The summed E-state index contributed by atoms with van der Waals surface area (Å²) in [7, 11) is 0. The van der Waals surface area contributed by atoms with E-state index < -0.39 is 0 Å². The van der Waals surface area contributed by atoms with E-state index in [-0.39, 0.29) is 43.2 Å². The number of hydrogen-bond acceptors (Lipinski definition) is 7. The third-order valence-electron chi connectivity index (χ3n) is 6.59. The summed E-state index contributed by atoms with van der Waals surface area (Å²) in [4.78, 5) is 31.7. The summed E-state index contributed by atoms with van der Waals surface area (Å²) in [5.41, 5.74) is 1.70. The van der Waals surface area contributed by atoms with Gasteiger partial charge in [-0.05, 0) is 43.0 Å². The zero-order chi connectivity index (χ0) is 22.4. The van der Waals surface area contributed by atoms with Crippen molar-refractivity contribution in [2.45, 2.75) is 37.8 Å². The molecule has 9 nitrogen and oxygen atoms in total. The Kier molecular flexibility index (Phi) is 4.74. The lowest BCUT2D eigenvalue weighted by atomic mass is 9.76. The van der Waals surface area contributed by atoms with Crippen LogP contribution in [0.25, 0.3) is 11.4 Å². The molecule has 6 rings (SSSR count). The lowest BCUT2D eigenvalue weighted by Crippen LogP contribution is -2.60. The Labute approximate surface area is 189 Å². The van der Waals surface area contributed by atoms with Crippen molar-refractivity contribution in [3.63, 3.8) is 0 Å². The third-order valence-corrected chi connectivity index (χ3v) is 6.59. The van der Waals surface area contributed by atoms with E-state index in [1.54, 1.807) is 0 Å². The zero-order valence-corrected chi connectivity index (χ0v) is 17.8. The SMILES string of the molecule is O=C1NC2CC(c3nc(-c4ccc5c(c4)OCO5)no3)CCC2C(=O)N1Cc1ccccc1. The Morgan fingerprint density at radius 2 is 1.88 bits per heavy atom. The molecule has 1 N–H and O–H groups in total. The fraction of sp³-hybridized carbons (Fsp3) is 0.333. The largest absolute Gasteiger partial charge is 0.454 e. The van der Waals surface area contributed by atoms with Crippen molar-refractivity contribution < 1.29 is 23.6 Å². The number of carbonyl (C=O) groups excluding carboxylic acids is 2. The molecule has 3 heterocycles. The molecule has 3 aromatic rings. The maximum Gasteiger partial charge on any atom is 0.324 e. The van der Waals surface area contributed by atoms with Crippen molar-refractivity contribution >= 4 is 11.9 Å². The van der Waals surface area contributed by atoms with Gasteiger partial charge in [-0.15, -0.1) is 0 Å². The number of nitrogens with zero attached hydrogens (tertiary/aromatic N) is 3. The van der Waals surface area contributed by atoms with Gasteiger partial charge in [0, 0.05) is 17.5 Å². The van der Waals surface area contributed by atoms with Crippen LogP contribution in [0.1, 0.15) is 36.6 Å². The van der Waals surface area contributed by atoms with Gasteiger partial charge >= 0.3 is 6.03 Å². The van der Waals surface area contributed by atoms with Crippen molar-refractivity contribution in [3.8, 4) is 22.9 Å². The minimum Gasteiger partial charge on any atom is -0.454 e. The Hall–Kier alpha value is -3.88. The molecule has 3 atom stereocenters. The highest BCUT2D eigenvalue weighted by Gasteiger charge is 2.45. The molecule has 168 valence electrons. The van der Waals surface area contributed by atoms with Gasteiger partial charge in [0.05, 0.1) is 12.5 Å². The van der Waals surface area contributed by atoms with Crippen molar-refractivity contribution in [1.29, 1.82) is 0 Å². The number of carbonyl (C=O) groups is 2. The first kappa shape index (κ1) is 19.8. The van der Waals surface area contributed by atoms with E-state index in [9.17, 15) is 9.59 Å². The van der Waals surface area contributed by atoms with E-state index in [1.807, 2.05) is 48.5 Å². The summed E-state index contributed by atoms with van der Waals surface area (Å²) >= 11 is 0. The molecule has 2 aliphatic heterocycles. The van der Waals surface area contributed by atoms with Gasteiger partial charge in [-0.2, -0.15) is 4.98 Å². The predicted octanol–water partition coefficient (Wildman–Crippen LogP) is 3.47. The lowest BCUT2D eigenvalue weighted by Gasteiger charge is -2.41. The molecular formula is C24H22N4O5. The summed E-state index contributed by atoms with van der Waals surface area (Å²) in [5, 5.41) is 7.17. The molecule has 2 aromatic carbocycles. The molecule has 3 aliphatic rings. The number of rotatable bonds is 4. The van der Waals surface area contributed by atoms with Crippen LogP contribution in [-0.4, -0.2) is 39.8 Å². The number of aromatic nitrogens is 2. The highest BCUT2D eigenvalue weighted by atomic mass is 16.7. The van der Waals surface area contributed by atoms with Gasteiger partial charge in [-0.1, -0.05) is 35.5 Å². The average molecular weight is 446 g/mol. The molecular weight excluding hydrogens is 424 g/mol. The third kappa shape index (κ3) is 3.59. The molecule has 0 spiro atoms. The minimum atomic E-state index is -0.350. The highest BCUT2D eigenvalue weighted by Crippen LogP contribution is 2.39. The van der Waals surface area contributed by atoms with Gasteiger partial charge < -0.3 is 19.3 Å². The first-order chi connectivity index (χ1) is 16.2. The fourth-order valence-electron chi connectivity index (χ4n) is 4.86. The lowest BCUT2D eigenvalue weighted by molar-refractivity contribution is -0.137. The van der Waals surface area contributed by atoms with Crippen LogP contribution in [0.15, 0.2) is 53.1 Å². The molecule has 1 saturated heterocycles. The van der Waals surface area contributed by atoms with E-state index in [1.165, 1.54) is 4.90 Å². The number of fused-ring (bicyclic) bond motifs is 2. The van der Waals surface area contributed by atoms with Crippen LogP contribution in [0.4, 0.5) is 4.79 Å². The van der Waals surface area contributed by atoms with Gasteiger partial charge in [-0.3, -0.25) is 9.69 Å². The van der Waals surface area contributed by atoms with Crippen molar-refractivity contribution in [2.75, 3.05) is 6.79 Å². The molecule has 2 fully saturated rings. The van der Waals surface area contributed by atoms with Crippen molar-refractivity contribution in [3.05, 3.63) is 60.0 Å². The second kappa shape index (κ2) is 7.91. The van der Waals surface area contributed by atoms with E-state index in [2.05, 4.69) is 15.5 Å². The Balaban J connectivity index is 1.15. The molecule has 0 radical (unpaired) electrons. The number of hydrogen-bond donors (Lipinski definition) is 1. The quantitative estimate of drug-likeness (QED) is 0.654. The fourth-order valence-corrected chi connectivity index (χ4v) is 4.86. The minimum absolute atomic E-state index is 0.0183. The van der Waals surface area contributed by atoms with Crippen LogP contribution < -0.4 is 14.8 Å². The Morgan fingerprint density at radius 3 is 2.76 bits per heavy atom. The Bertz CT molecular complexity index is 1210. The number of benzene rings is 2. The summed E-state index contributed by atoms with van der Waals surface area (Å²) in [5.74, 6) is 1.98. The van der Waals surface area contributed by atoms with E-state index >= 15 is 0 Å². The Morgan fingerprint density at radius 1 is 1.03 bits per heavy atom. The van der Waals surface area contributed by atoms with E-state index in [4.69, 9.17) is 14.0 Å². The first-order valence-electron chi connectivity index (χ1n) is 11.0. The van der Waals surface area contributed by atoms with Crippen LogP contribution in [0, 0.1) is 5.92 Å². The second-order valence-electron chi connectivity index (χ2n) is 8.61. The average Bonchev–Trinajstić information content (AvgIpc) is 3.51. The van der Waals surface area contributed by atoms with Gasteiger partial charge in [0.2, 0.25) is 24.4 Å². The normalized spacial score (nSPS) is 23.9. The highest BCUT2D eigenvalue weighted by molar-refractivity contribution is 5.98. The van der Waals surface area contributed by atoms with Crippen LogP contribution in [-0.2, 0) is 11.3 Å². The molecule has 0 bridgehead atoms. The van der Waals surface area contributed by atoms with Crippen LogP contribution in [0.3, 0.4) is 0 Å². The van der Waals surface area contributed by atoms with Crippen molar-refractivity contribution in [1.82, 2.24) is 20.4 Å². The molecule has 1 aromatic heterocycles. The molecule has 3 unspecified atom stereocenters. The van der Waals surface area contributed by atoms with Crippen LogP contribution in [0.5, 0.6) is 11.5 Å². The number of ether oxygens (including phenoxy) is 2. The summed E-state index contributed by atoms with van der Waals surface area (Å²) in [6.45, 7) is 0.481. The molecule has 33 heavy (non-hydrogen) atoms. The summed E-state index contributed by atoms with van der Waals surface area (Å²) in [6, 6.07) is 14.5. The summed E-state index contributed by atoms with van der Waals surface area (Å²) < 4.78 is 16.3. The molecule has 3 amide bonds. The molecule has 9 heteroatoms. The maximum atomic E-state index is 13.1. The van der Waals surface area contributed by atoms with E-state index in [0.29, 0.717) is 36.1 Å². The van der Waals surface area contributed by atoms with Gasteiger partial charge in [0.1, 0.15) is 0 Å². The number of amides is 3. The van der Waals surface area contributed by atoms with Crippen molar-refractivity contribution in [2.24, 2.45) is 5.92 Å². The van der Waals surface area contributed by atoms with Crippen LogP contribution >= 0.6 is 0 Å². The monoisotopic (exact) mass is 446 g/mol. The molecule has 1 aliphatic carbocycles. The van der Waals surface area contributed by atoms with E-state index in [0.717, 1.165) is 17.5 Å². The van der Waals surface area contributed by atoms with Gasteiger partial charge in [-0.25, -0.2) is 4.79 Å². The topological polar surface area (TPSA) is 107 Å². The number of nitrogens with one attached hydrogen (secondary N) is 1. The zero-order valence-electron chi connectivity index (χ0n) is 17.8. The number of urea groups is 1. The smallest absolute Gasteiger partial charge is 0.324 e. The second-order valence-corrected chi connectivity index (χ2v) is 8.61. The molecule has 1 saturated carbocycles. The van der Waals surface area contributed by atoms with Gasteiger partial charge in [0.15, 0.2) is 11.5 Å².